The van der Waals surface area contributed by atoms with Gasteiger partial charge in [-0.05, 0) is 18.6 Å². The Hall–Kier alpha value is -2.90. The summed E-state index contributed by atoms with van der Waals surface area (Å²) >= 11 is 0. The molecular formula is C15H17N5O3. The minimum Gasteiger partial charge on any atom is -0.337 e. The number of carbonyl (C=O) groups is 2. The van der Waals surface area contributed by atoms with E-state index >= 15 is 0 Å². The summed E-state index contributed by atoms with van der Waals surface area (Å²) in [5.74, 6) is 0.838. The Morgan fingerprint density at radius 1 is 1.39 bits per heavy atom. The third-order valence-electron chi connectivity index (χ3n) is 3.70. The highest BCUT2D eigenvalue weighted by Crippen LogP contribution is 2.29. The van der Waals surface area contributed by atoms with Gasteiger partial charge in [0.05, 0.1) is 6.54 Å². The van der Waals surface area contributed by atoms with E-state index in [9.17, 15) is 9.59 Å². The van der Waals surface area contributed by atoms with Crippen molar-refractivity contribution in [2.45, 2.75) is 25.4 Å². The number of rotatable bonds is 4. The van der Waals surface area contributed by atoms with Crippen LogP contribution in [0.5, 0.6) is 0 Å². The van der Waals surface area contributed by atoms with E-state index in [4.69, 9.17) is 4.52 Å². The molecule has 0 spiro atoms. The number of para-hydroxylation sites is 1. The number of anilines is 1. The van der Waals surface area contributed by atoms with Crippen LogP contribution < -0.4 is 10.6 Å². The first-order chi connectivity index (χ1) is 11.1. The molecule has 2 N–H and O–H groups in total. The molecule has 8 nitrogen and oxygen atoms in total. The van der Waals surface area contributed by atoms with Crippen molar-refractivity contribution in [3.63, 3.8) is 0 Å². The minimum absolute atomic E-state index is 0.0649. The van der Waals surface area contributed by atoms with Gasteiger partial charge in [0, 0.05) is 19.2 Å². The standard InChI is InChI=1S/C15H17N5O3/c1-20-11(7-8-13(20)21)14-18-12(19-23-14)9-16-15(22)17-10-5-3-2-4-6-10/h2-6,11H,7-9H2,1H3,(H2,16,17,22)/t11-/m0/s1. The first kappa shape index (κ1) is 15.0. The number of urea groups is 1. The summed E-state index contributed by atoms with van der Waals surface area (Å²) in [6.07, 6.45) is 1.15. The third-order valence-corrected chi connectivity index (χ3v) is 3.70. The summed E-state index contributed by atoms with van der Waals surface area (Å²) in [4.78, 5) is 29.2. The SMILES string of the molecule is CN1C(=O)CC[C@H]1c1nc(CNC(=O)Nc2ccccc2)no1. The Kier molecular flexibility index (Phi) is 4.22. The molecule has 2 heterocycles. The van der Waals surface area contributed by atoms with Crippen LogP contribution in [0.3, 0.4) is 0 Å². The normalized spacial score (nSPS) is 17.3. The van der Waals surface area contributed by atoms with Crippen molar-refractivity contribution < 1.29 is 14.1 Å². The van der Waals surface area contributed by atoms with E-state index in [1.54, 1.807) is 24.1 Å². The van der Waals surface area contributed by atoms with Gasteiger partial charge in [0.25, 0.3) is 0 Å². The number of aromatic nitrogens is 2. The highest BCUT2D eigenvalue weighted by molar-refractivity contribution is 5.89. The molecule has 0 unspecified atom stereocenters. The Bertz CT molecular complexity index is 700. The van der Waals surface area contributed by atoms with Crippen molar-refractivity contribution in [3.05, 3.63) is 42.0 Å². The molecule has 23 heavy (non-hydrogen) atoms. The van der Waals surface area contributed by atoms with E-state index in [-0.39, 0.29) is 24.5 Å². The van der Waals surface area contributed by atoms with Crippen molar-refractivity contribution >= 4 is 17.6 Å². The number of nitrogens with one attached hydrogen (secondary N) is 2. The number of amides is 3. The maximum absolute atomic E-state index is 11.8. The topological polar surface area (TPSA) is 100 Å². The van der Waals surface area contributed by atoms with Gasteiger partial charge in [-0.3, -0.25) is 4.79 Å². The Morgan fingerprint density at radius 3 is 2.87 bits per heavy atom. The van der Waals surface area contributed by atoms with Crippen LogP contribution >= 0.6 is 0 Å². The van der Waals surface area contributed by atoms with Crippen LogP contribution in [0, 0.1) is 0 Å². The Balaban J connectivity index is 1.53. The molecule has 0 saturated carbocycles. The zero-order valence-electron chi connectivity index (χ0n) is 12.7. The molecule has 3 amide bonds. The summed E-state index contributed by atoms with van der Waals surface area (Å²) in [6.45, 7) is 0.145. The van der Waals surface area contributed by atoms with E-state index in [1.807, 2.05) is 18.2 Å². The predicted octanol–water partition coefficient (Wildman–Crippen LogP) is 1.68. The van der Waals surface area contributed by atoms with Crippen molar-refractivity contribution in [1.82, 2.24) is 20.4 Å². The summed E-state index contributed by atoms with van der Waals surface area (Å²) in [7, 11) is 1.72. The lowest BCUT2D eigenvalue weighted by Crippen LogP contribution is -2.28. The van der Waals surface area contributed by atoms with E-state index in [0.29, 0.717) is 30.2 Å². The molecule has 2 aromatic rings. The highest BCUT2D eigenvalue weighted by Gasteiger charge is 2.33. The van der Waals surface area contributed by atoms with Gasteiger partial charge in [0.15, 0.2) is 5.82 Å². The lowest BCUT2D eigenvalue weighted by molar-refractivity contribution is -0.127. The quantitative estimate of drug-likeness (QED) is 0.894. The number of likely N-dealkylation sites (tertiary alicyclic amines) is 1. The first-order valence-electron chi connectivity index (χ1n) is 7.31. The smallest absolute Gasteiger partial charge is 0.319 e. The molecule has 1 aromatic heterocycles. The number of carbonyl (C=O) groups excluding carboxylic acids is 2. The Morgan fingerprint density at radius 2 is 2.17 bits per heavy atom. The van der Waals surface area contributed by atoms with Crippen LogP contribution in [-0.4, -0.2) is 34.0 Å². The van der Waals surface area contributed by atoms with E-state index in [2.05, 4.69) is 20.8 Å². The fourth-order valence-electron chi connectivity index (χ4n) is 2.42. The molecule has 1 atom stereocenters. The van der Waals surface area contributed by atoms with Crippen molar-refractivity contribution in [3.8, 4) is 0 Å². The Labute approximate surface area is 132 Å². The second-order valence-electron chi connectivity index (χ2n) is 5.28. The summed E-state index contributed by atoms with van der Waals surface area (Å²) in [5, 5.41) is 9.19. The second-order valence-corrected chi connectivity index (χ2v) is 5.28. The van der Waals surface area contributed by atoms with Gasteiger partial charge in [-0.25, -0.2) is 4.79 Å². The molecule has 3 rings (SSSR count). The fraction of sp³-hybridized carbons (Fsp3) is 0.333. The largest absolute Gasteiger partial charge is 0.337 e. The van der Waals surface area contributed by atoms with E-state index in [1.165, 1.54) is 0 Å². The zero-order valence-corrected chi connectivity index (χ0v) is 12.7. The van der Waals surface area contributed by atoms with Crippen LogP contribution in [0.15, 0.2) is 34.9 Å². The zero-order chi connectivity index (χ0) is 16.2. The van der Waals surface area contributed by atoms with Crippen LogP contribution in [0.25, 0.3) is 0 Å². The summed E-state index contributed by atoms with van der Waals surface area (Å²) in [6, 6.07) is 8.59. The average Bonchev–Trinajstić information content (AvgIpc) is 3.14. The van der Waals surface area contributed by atoms with Gasteiger partial charge < -0.3 is 20.1 Å². The molecule has 0 radical (unpaired) electrons. The fourth-order valence-corrected chi connectivity index (χ4v) is 2.42. The van der Waals surface area contributed by atoms with Crippen molar-refractivity contribution in [2.24, 2.45) is 0 Å². The third kappa shape index (κ3) is 3.47. The first-order valence-corrected chi connectivity index (χ1v) is 7.31. The number of nitrogens with zero attached hydrogens (tertiary/aromatic N) is 3. The molecule has 1 aromatic carbocycles. The predicted molar refractivity (Wildman–Crippen MR) is 81.3 cm³/mol. The van der Waals surface area contributed by atoms with Gasteiger partial charge in [-0.1, -0.05) is 23.4 Å². The summed E-state index contributed by atoms with van der Waals surface area (Å²) < 4.78 is 5.19. The van der Waals surface area contributed by atoms with Gasteiger partial charge >= 0.3 is 6.03 Å². The monoisotopic (exact) mass is 315 g/mol. The number of benzene rings is 1. The van der Waals surface area contributed by atoms with Crippen LogP contribution in [-0.2, 0) is 11.3 Å². The molecule has 1 saturated heterocycles. The van der Waals surface area contributed by atoms with Crippen LogP contribution in [0.1, 0.15) is 30.6 Å². The molecule has 1 fully saturated rings. The van der Waals surface area contributed by atoms with Crippen molar-refractivity contribution in [1.29, 1.82) is 0 Å². The minimum atomic E-state index is -0.351. The lowest BCUT2D eigenvalue weighted by Gasteiger charge is -2.14. The molecule has 1 aliphatic heterocycles. The number of hydrogen-bond donors (Lipinski definition) is 2. The molecule has 120 valence electrons. The maximum atomic E-state index is 11.8. The molecular weight excluding hydrogens is 298 g/mol. The molecule has 1 aliphatic rings. The summed E-state index contributed by atoms with van der Waals surface area (Å²) in [5.41, 5.74) is 0.699. The van der Waals surface area contributed by atoms with E-state index < -0.39 is 0 Å². The van der Waals surface area contributed by atoms with Gasteiger partial charge in [0.2, 0.25) is 11.8 Å². The molecule has 0 bridgehead atoms. The highest BCUT2D eigenvalue weighted by atomic mass is 16.5. The van der Waals surface area contributed by atoms with Gasteiger partial charge in [0.1, 0.15) is 6.04 Å². The van der Waals surface area contributed by atoms with Crippen molar-refractivity contribution in [2.75, 3.05) is 12.4 Å². The van der Waals surface area contributed by atoms with Crippen LogP contribution in [0.2, 0.25) is 0 Å². The maximum Gasteiger partial charge on any atom is 0.319 e. The second kappa shape index (κ2) is 6.47. The van der Waals surface area contributed by atoms with Gasteiger partial charge in [-0.15, -0.1) is 0 Å². The van der Waals surface area contributed by atoms with Crippen LogP contribution in [0.4, 0.5) is 10.5 Å². The van der Waals surface area contributed by atoms with Gasteiger partial charge in [-0.2, -0.15) is 4.98 Å². The average molecular weight is 315 g/mol. The lowest BCUT2D eigenvalue weighted by atomic mass is 10.2. The van der Waals surface area contributed by atoms with E-state index in [0.717, 1.165) is 0 Å². The number of hydrogen-bond acceptors (Lipinski definition) is 5. The molecule has 0 aliphatic carbocycles. The molecule has 8 heteroatoms.